The van der Waals surface area contributed by atoms with Crippen LogP contribution in [0, 0.1) is 0 Å². The maximum absolute atomic E-state index is 5.82. The van der Waals surface area contributed by atoms with E-state index >= 15 is 0 Å². The van der Waals surface area contributed by atoms with Crippen molar-refractivity contribution in [1.29, 1.82) is 0 Å². The molecule has 0 radical (unpaired) electrons. The smallest absolute Gasteiger partial charge is 0.0730 e. The van der Waals surface area contributed by atoms with E-state index in [1.54, 1.807) is 0 Å². The van der Waals surface area contributed by atoms with Crippen molar-refractivity contribution in [2.45, 2.75) is 44.4 Å². The summed E-state index contributed by atoms with van der Waals surface area (Å²) in [5.74, 6) is 0. The minimum absolute atomic E-state index is 0.291. The van der Waals surface area contributed by atoms with Crippen molar-refractivity contribution in [3.8, 4) is 0 Å². The van der Waals surface area contributed by atoms with Gasteiger partial charge in [0.25, 0.3) is 0 Å². The zero-order valence-corrected chi connectivity index (χ0v) is 8.41. The lowest BCUT2D eigenvalue weighted by molar-refractivity contribution is -0.0566. The first-order valence-corrected chi connectivity index (χ1v) is 5.38. The molecule has 0 aromatic carbocycles. The fraction of sp³-hybridized carbons (Fsp3) is 1.00. The highest BCUT2D eigenvalue weighted by atomic mass is 16.5. The number of fused-ring (bicyclic) bond motifs is 1. The Morgan fingerprint density at radius 1 is 1.54 bits per heavy atom. The van der Waals surface area contributed by atoms with Gasteiger partial charge in [0.2, 0.25) is 0 Å². The molecule has 0 bridgehead atoms. The Morgan fingerprint density at radius 2 is 2.38 bits per heavy atom. The number of nitrogens with zero attached hydrogens (tertiary/aromatic N) is 1. The van der Waals surface area contributed by atoms with Gasteiger partial charge in [0.05, 0.1) is 12.7 Å². The Morgan fingerprint density at radius 3 is 3.15 bits per heavy atom. The molecule has 3 heteroatoms. The molecule has 0 aromatic rings. The van der Waals surface area contributed by atoms with Gasteiger partial charge < -0.3 is 10.5 Å². The number of rotatable bonds is 2. The molecule has 2 rings (SSSR count). The van der Waals surface area contributed by atoms with Gasteiger partial charge in [-0.3, -0.25) is 4.90 Å². The van der Waals surface area contributed by atoms with E-state index in [0.29, 0.717) is 18.2 Å². The first-order valence-electron chi connectivity index (χ1n) is 5.38. The second kappa shape index (κ2) is 3.95. The average molecular weight is 184 g/mol. The van der Waals surface area contributed by atoms with Crippen molar-refractivity contribution < 1.29 is 4.74 Å². The summed E-state index contributed by atoms with van der Waals surface area (Å²) in [7, 11) is 0. The van der Waals surface area contributed by atoms with Crippen molar-refractivity contribution >= 4 is 0 Å². The lowest BCUT2D eigenvalue weighted by Gasteiger charge is -2.38. The summed E-state index contributed by atoms with van der Waals surface area (Å²) in [6.07, 6.45) is 4.38. The monoisotopic (exact) mass is 184 g/mol. The molecule has 3 nitrogen and oxygen atoms in total. The Hall–Kier alpha value is -0.120. The third kappa shape index (κ3) is 2.03. The van der Waals surface area contributed by atoms with Gasteiger partial charge in [-0.2, -0.15) is 0 Å². The third-order valence-electron chi connectivity index (χ3n) is 3.12. The molecule has 2 unspecified atom stereocenters. The van der Waals surface area contributed by atoms with E-state index in [-0.39, 0.29) is 0 Å². The van der Waals surface area contributed by atoms with Gasteiger partial charge in [-0.25, -0.2) is 0 Å². The molecule has 1 saturated carbocycles. The van der Waals surface area contributed by atoms with E-state index in [1.165, 1.54) is 19.3 Å². The molecule has 1 saturated heterocycles. The van der Waals surface area contributed by atoms with E-state index in [4.69, 9.17) is 10.5 Å². The number of morpholine rings is 1. The van der Waals surface area contributed by atoms with Crippen LogP contribution in [0.3, 0.4) is 0 Å². The topological polar surface area (TPSA) is 38.5 Å². The van der Waals surface area contributed by atoms with Crippen molar-refractivity contribution in [3.63, 3.8) is 0 Å². The fourth-order valence-corrected chi connectivity index (χ4v) is 2.60. The summed E-state index contributed by atoms with van der Waals surface area (Å²) in [5.41, 5.74) is 5.82. The largest absolute Gasteiger partial charge is 0.375 e. The maximum Gasteiger partial charge on any atom is 0.0730 e. The van der Waals surface area contributed by atoms with Gasteiger partial charge in [-0.05, 0) is 26.2 Å². The molecule has 2 fully saturated rings. The summed E-state index contributed by atoms with van der Waals surface area (Å²) >= 11 is 0. The molecule has 0 aromatic heterocycles. The molecular weight excluding hydrogens is 164 g/mol. The molecule has 1 heterocycles. The summed E-state index contributed by atoms with van der Waals surface area (Å²) in [6, 6.07) is 0.957. The summed E-state index contributed by atoms with van der Waals surface area (Å²) in [5, 5.41) is 0. The molecule has 1 aliphatic carbocycles. The van der Waals surface area contributed by atoms with Crippen LogP contribution in [-0.2, 0) is 4.74 Å². The average Bonchev–Trinajstić information content (AvgIpc) is 2.51. The first kappa shape index (κ1) is 9.44. The van der Waals surface area contributed by atoms with E-state index in [0.717, 1.165) is 19.7 Å². The highest BCUT2D eigenvalue weighted by molar-refractivity contribution is 4.89. The third-order valence-corrected chi connectivity index (χ3v) is 3.12. The Balaban J connectivity index is 1.93. The fourth-order valence-electron chi connectivity index (χ4n) is 2.60. The van der Waals surface area contributed by atoms with Gasteiger partial charge >= 0.3 is 0 Å². The van der Waals surface area contributed by atoms with Crippen LogP contribution in [0.1, 0.15) is 26.2 Å². The van der Waals surface area contributed by atoms with Gasteiger partial charge in [-0.1, -0.05) is 0 Å². The van der Waals surface area contributed by atoms with Crippen LogP contribution in [-0.4, -0.2) is 42.8 Å². The molecule has 0 spiro atoms. The van der Waals surface area contributed by atoms with Crippen LogP contribution >= 0.6 is 0 Å². The molecule has 2 N–H and O–H groups in total. The minimum Gasteiger partial charge on any atom is -0.375 e. The van der Waals surface area contributed by atoms with E-state index in [1.807, 2.05) is 0 Å². The second-order valence-corrected chi connectivity index (χ2v) is 4.38. The van der Waals surface area contributed by atoms with Crippen molar-refractivity contribution in [2.75, 3.05) is 19.7 Å². The maximum atomic E-state index is 5.82. The van der Waals surface area contributed by atoms with Crippen molar-refractivity contribution in [3.05, 3.63) is 0 Å². The van der Waals surface area contributed by atoms with Gasteiger partial charge in [0.1, 0.15) is 0 Å². The highest BCUT2D eigenvalue weighted by Gasteiger charge is 2.35. The van der Waals surface area contributed by atoms with Crippen LogP contribution in [0.2, 0.25) is 0 Å². The lowest BCUT2D eigenvalue weighted by Crippen LogP contribution is -2.51. The zero-order chi connectivity index (χ0) is 9.26. The molecule has 3 atom stereocenters. The van der Waals surface area contributed by atoms with Crippen molar-refractivity contribution in [2.24, 2.45) is 5.73 Å². The van der Waals surface area contributed by atoms with Crippen molar-refractivity contribution in [1.82, 2.24) is 4.90 Å². The predicted octanol–water partition coefficient (Wildman–Crippen LogP) is 0.587. The highest BCUT2D eigenvalue weighted by Crippen LogP contribution is 2.29. The zero-order valence-electron chi connectivity index (χ0n) is 8.41. The molecule has 2 aliphatic rings. The molecule has 13 heavy (non-hydrogen) atoms. The molecule has 0 amide bonds. The summed E-state index contributed by atoms with van der Waals surface area (Å²) in [6.45, 7) is 5.08. The van der Waals surface area contributed by atoms with Crippen LogP contribution in [0.15, 0.2) is 0 Å². The molecule has 76 valence electrons. The summed E-state index contributed by atoms with van der Waals surface area (Å²) in [4.78, 5) is 2.52. The van der Waals surface area contributed by atoms with Gasteiger partial charge in [0.15, 0.2) is 0 Å². The van der Waals surface area contributed by atoms with E-state index in [9.17, 15) is 0 Å². The van der Waals surface area contributed by atoms with Gasteiger partial charge in [0, 0.05) is 25.2 Å². The second-order valence-electron chi connectivity index (χ2n) is 4.38. The molecular formula is C10H20N2O. The Kier molecular flexibility index (Phi) is 2.86. The summed E-state index contributed by atoms with van der Waals surface area (Å²) < 4.78 is 5.73. The molecule has 1 aliphatic heterocycles. The predicted molar refractivity (Wildman–Crippen MR) is 52.6 cm³/mol. The number of hydrogen-bond donors (Lipinski definition) is 1. The quantitative estimate of drug-likeness (QED) is 0.682. The number of nitrogens with two attached hydrogens (primary N) is 1. The van der Waals surface area contributed by atoms with Crippen LogP contribution in [0.4, 0.5) is 0 Å². The van der Waals surface area contributed by atoms with E-state index < -0.39 is 0 Å². The Bertz CT molecular complexity index is 172. The minimum atomic E-state index is 0.291. The number of ether oxygens (including phenoxy) is 1. The lowest BCUT2D eigenvalue weighted by atomic mass is 10.1. The number of hydrogen-bond acceptors (Lipinski definition) is 3. The van der Waals surface area contributed by atoms with Crippen LogP contribution in [0.5, 0.6) is 0 Å². The van der Waals surface area contributed by atoms with Gasteiger partial charge in [-0.15, -0.1) is 0 Å². The van der Waals surface area contributed by atoms with Crippen LogP contribution in [0.25, 0.3) is 0 Å². The normalized spacial score (nSPS) is 37.4. The van der Waals surface area contributed by atoms with E-state index in [2.05, 4.69) is 11.8 Å². The SMILES string of the molecule is C[C@H](N)CN1CCOC2CCCC21. The standard InChI is InChI=1S/C10H20N2O/c1-8(11)7-12-5-6-13-10-4-2-3-9(10)12/h8-10H,2-7,11H2,1H3/t8-,9?,10?/m0/s1. The Labute approximate surface area is 80.2 Å². The first-order chi connectivity index (χ1) is 6.27. The van der Waals surface area contributed by atoms with Crippen LogP contribution < -0.4 is 5.73 Å².